The maximum atomic E-state index is 12.6. The monoisotopic (exact) mass is 302 g/mol. The van der Waals surface area contributed by atoms with Crippen LogP contribution in [0.2, 0.25) is 0 Å². The summed E-state index contributed by atoms with van der Waals surface area (Å²) in [5, 5.41) is 0. The Kier molecular flexibility index (Phi) is 4.88. The summed E-state index contributed by atoms with van der Waals surface area (Å²) in [6, 6.07) is 9.21. The molecule has 0 bridgehead atoms. The minimum absolute atomic E-state index is 0.00454. The molecule has 1 heterocycles. The van der Waals surface area contributed by atoms with Crippen LogP contribution >= 0.6 is 0 Å². The van der Waals surface area contributed by atoms with E-state index >= 15 is 0 Å². The number of rotatable bonds is 5. The Bertz CT molecular complexity index is 720. The Morgan fingerprint density at radius 3 is 2.41 bits per heavy atom. The fourth-order valence-corrected chi connectivity index (χ4v) is 2.50. The molecule has 2 N–H and O–H groups in total. The van der Waals surface area contributed by atoms with Gasteiger partial charge in [-0.25, -0.2) is 0 Å². The largest absolute Gasteiger partial charge is 0.497 e. The van der Waals surface area contributed by atoms with Gasteiger partial charge in [0.15, 0.2) is 0 Å². The lowest BCUT2D eigenvalue weighted by Crippen LogP contribution is -2.28. The number of hydrogen-bond acceptors (Lipinski definition) is 4. The second-order valence-electron chi connectivity index (χ2n) is 5.28. The molecular weight excluding hydrogens is 280 g/mol. The van der Waals surface area contributed by atoms with Crippen molar-refractivity contribution in [2.24, 2.45) is 5.73 Å². The van der Waals surface area contributed by atoms with Crippen molar-refractivity contribution in [1.82, 2.24) is 4.57 Å². The lowest BCUT2D eigenvalue weighted by molar-refractivity contribution is 0.404. The van der Waals surface area contributed by atoms with Gasteiger partial charge in [0, 0.05) is 23.7 Å². The van der Waals surface area contributed by atoms with E-state index in [2.05, 4.69) is 0 Å². The van der Waals surface area contributed by atoms with Crippen LogP contribution in [0.25, 0.3) is 11.3 Å². The van der Waals surface area contributed by atoms with Crippen molar-refractivity contribution >= 4 is 0 Å². The summed E-state index contributed by atoms with van der Waals surface area (Å²) < 4.78 is 12.5. The summed E-state index contributed by atoms with van der Waals surface area (Å²) in [4.78, 5) is 12.6. The van der Waals surface area contributed by atoms with Gasteiger partial charge in [-0.1, -0.05) is 6.07 Å². The van der Waals surface area contributed by atoms with Crippen LogP contribution in [-0.2, 0) is 6.54 Å². The first kappa shape index (κ1) is 16.1. The minimum Gasteiger partial charge on any atom is -0.497 e. The van der Waals surface area contributed by atoms with Gasteiger partial charge >= 0.3 is 0 Å². The van der Waals surface area contributed by atoms with Crippen LogP contribution in [0.4, 0.5) is 0 Å². The number of nitrogens with two attached hydrogens (primary N) is 1. The van der Waals surface area contributed by atoms with E-state index in [1.165, 1.54) is 0 Å². The van der Waals surface area contributed by atoms with Crippen molar-refractivity contribution in [3.63, 3.8) is 0 Å². The highest BCUT2D eigenvalue weighted by atomic mass is 16.5. The van der Waals surface area contributed by atoms with E-state index in [9.17, 15) is 4.79 Å². The van der Waals surface area contributed by atoms with Crippen molar-refractivity contribution in [3.05, 3.63) is 46.2 Å². The molecule has 0 atom stereocenters. The Balaban J connectivity index is 2.77. The van der Waals surface area contributed by atoms with Gasteiger partial charge in [0.05, 0.1) is 19.9 Å². The van der Waals surface area contributed by atoms with Crippen molar-refractivity contribution in [2.45, 2.75) is 26.4 Å². The molecule has 1 aromatic heterocycles. The second-order valence-corrected chi connectivity index (χ2v) is 5.28. The van der Waals surface area contributed by atoms with Crippen molar-refractivity contribution in [2.75, 3.05) is 14.2 Å². The topological polar surface area (TPSA) is 66.5 Å². The highest BCUT2D eigenvalue weighted by Gasteiger charge is 2.16. The molecule has 0 fully saturated rings. The molecule has 22 heavy (non-hydrogen) atoms. The van der Waals surface area contributed by atoms with Gasteiger partial charge in [-0.2, -0.15) is 0 Å². The molecule has 0 aliphatic carbocycles. The fraction of sp³-hybridized carbons (Fsp3) is 0.353. The van der Waals surface area contributed by atoms with Crippen LogP contribution < -0.4 is 20.8 Å². The molecule has 2 aromatic rings. The first-order valence-corrected chi connectivity index (χ1v) is 7.20. The summed E-state index contributed by atoms with van der Waals surface area (Å²) in [6.45, 7) is 4.16. The normalized spacial score (nSPS) is 10.8. The molecular formula is C17H22N2O3. The smallest absolute Gasteiger partial charge is 0.255 e. The van der Waals surface area contributed by atoms with E-state index < -0.39 is 0 Å². The predicted octanol–water partition coefficient (Wildman–Crippen LogP) is 2.57. The van der Waals surface area contributed by atoms with E-state index in [0.29, 0.717) is 17.1 Å². The van der Waals surface area contributed by atoms with Gasteiger partial charge in [-0.05, 0) is 38.1 Å². The van der Waals surface area contributed by atoms with E-state index in [4.69, 9.17) is 15.2 Å². The summed E-state index contributed by atoms with van der Waals surface area (Å²) in [6.07, 6.45) is 0. The zero-order chi connectivity index (χ0) is 16.3. The summed E-state index contributed by atoms with van der Waals surface area (Å²) in [5.41, 5.74) is 7.78. The zero-order valence-electron chi connectivity index (χ0n) is 13.4. The van der Waals surface area contributed by atoms with Crippen LogP contribution in [0.15, 0.2) is 35.1 Å². The average molecular weight is 302 g/mol. The molecule has 0 amide bonds. The number of methoxy groups -OCH3 is 2. The molecule has 0 radical (unpaired) electrons. The van der Waals surface area contributed by atoms with Crippen LogP contribution in [0.5, 0.6) is 11.5 Å². The first-order valence-electron chi connectivity index (χ1n) is 7.20. The number of aromatic nitrogens is 1. The number of ether oxygens (including phenoxy) is 2. The quantitative estimate of drug-likeness (QED) is 0.922. The van der Waals surface area contributed by atoms with Crippen LogP contribution in [0.3, 0.4) is 0 Å². The molecule has 1 aromatic carbocycles. The summed E-state index contributed by atoms with van der Waals surface area (Å²) in [5.74, 6) is 1.40. The first-order chi connectivity index (χ1) is 10.5. The lowest BCUT2D eigenvalue weighted by atomic mass is 10.1. The van der Waals surface area contributed by atoms with Gasteiger partial charge in [0.1, 0.15) is 11.5 Å². The Morgan fingerprint density at radius 2 is 1.86 bits per heavy atom. The van der Waals surface area contributed by atoms with Gasteiger partial charge in [-0.15, -0.1) is 0 Å². The number of pyridine rings is 1. The molecule has 118 valence electrons. The minimum atomic E-state index is -0.0696. The Morgan fingerprint density at radius 1 is 1.14 bits per heavy atom. The number of benzene rings is 1. The predicted molar refractivity (Wildman–Crippen MR) is 87.5 cm³/mol. The molecule has 0 saturated carbocycles. The van der Waals surface area contributed by atoms with Crippen molar-refractivity contribution in [1.29, 1.82) is 0 Å². The van der Waals surface area contributed by atoms with E-state index in [1.807, 2.05) is 38.1 Å². The third-order valence-corrected chi connectivity index (χ3v) is 3.61. The van der Waals surface area contributed by atoms with Gasteiger partial charge in [0.2, 0.25) is 0 Å². The fourth-order valence-electron chi connectivity index (χ4n) is 2.50. The summed E-state index contributed by atoms with van der Waals surface area (Å²) in [7, 11) is 3.22. The van der Waals surface area contributed by atoms with Crippen LogP contribution in [0, 0.1) is 0 Å². The number of nitrogens with zero attached hydrogens (tertiary/aromatic N) is 1. The highest BCUT2D eigenvalue weighted by Crippen LogP contribution is 2.33. The molecule has 0 saturated heterocycles. The molecule has 5 heteroatoms. The zero-order valence-corrected chi connectivity index (χ0v) is 13.4. The third kappa shape index (κ3) is 2.85. The summed E-state index contributed by atoms with van der Waals surface area (Å²) >= 11 is 0. The SMILES string of the molecule is COc1ccc(OC)c(-c2ccc(CN)c(=O)n2C(C)C)c1. The van der Waals surface area contributed by atoms with Crippen molar-refractivity contribution in [3.8, 4) is 22.8 Å². The number of hydrogen-bond donors (Lipinski definition) is 1. The molecule has 0 aliphatic rings. The Hall–Kier alpha value is -2.27. The highest BCUT2D eigenvalue weighted by molar-refractivity contribution is 5.69. The maximum absolute atomic E-state index is 12.6. The molecule has 0 unspecified atom stereocenters. The molecule has 0 spiro atoms. The average Bonchev–Trinajstić information content (AvgIpc) is 2.53. The molecule has 0 aliphatic heterocycles. The Labute approximate surface area is 130 Å². The maximum Gasteiger partial charge on any atom is 0.255 e. The van der Waals surface area contributed by atoms with Crippen LogP contribution in [-0.4, -0.2) is 18.8 Å². The molecule has 5 nitrogen and oxygen atoms in total. The van der Waals surface area contributed by atoms with Gasteiger partial charge < -0.3 is 19.8 Å². The third-order valence-electron chi connectivity index (χ3n) is 3.61. The lowest BCUT2D eigenvalue weighted by Gasteiger charge is -2.19. The standard InChI is InChI=1S/C17H22N2O3/c1-11(2)19-15(7-5-12(10-18)17(19)20)14-9-13(21-3)6-8-16(14)22-4/h5-9,11H,10,18H2,1-4H3. The molecule has 2 rings (SSSR count). The van der Waals surface area contributed by atoms with Crippen molar-refractivity contribution < 1.29 is 9.47 Å². The van der Waals surface area contributed by atoms with E-state index in [-0.39, 0.29) is 18.1 Å². The second kappa shape index (κ2) is 6.66. The van der Waals surface area contributed by atoms with Gasteiger partial charge in [-0.3, -0.25) is 4.79 Å². The van der Waals surface area contributed by atoms with Crippen LogP contribution in [0.1, 0.15) is 25.5 Å². The van der Waals surface area contributed by atoms with E-state index in [1.54, 1.807) is 24.9 Å². The van der Waals surface area contributed by atoms with Gasteiger partial charge in [0.25, 0.3) is 5.56 Å². The van der Waals surface area contributed by atoms with E-state index in [0.717, 1.165) is 11.3 Å².